The van der Waals surface area contributed by atoms with Crippen molar-refractivity contribution in [2.75, 3.05) is 20.0 Å². The van der Waals surface area contributed by atoms with Crippen LogP contribution < -0.4 is 4.80 Å². The van der Waals surface area contributed by atoms with Gasteiger partial charge in [0.05, 0.1) is 16.8 Å². The van der Waals surface area contributed by atoms with E-state index in [0.29, 0.717) is 18.0 Å². The Balaban J connectivity index is 2.20. The molecule has 128 valence electrons. The lowest BCUT2D eigenvalue weighted by molar-refractivity contribution is 0.187. The Morgan fingerprint density at radius 2 is 2.17 bits per heavy atom. The van der Waals surface area contributed by atoms with Crippen molar-refractivity contribution in [2.24, 2.45) is 4.40 Å². The summed E-state index contributed by atoms with van der Waals surface area (Å²) < 4.78 is 37.4. The Hall–Kier alpha value is -1.13. The van der Waals surface area contributed by atoms with E-state index in [1.54, 1.807) is 36.4 Å². The minimum atomic E-state index is -3.69. The van der Waals surface area contributed by atoms with Crippen LogP contribution in [0.5, 0.6) is 0 Å². The first-order valence-electron chi connectivity index (χ1n) is 7.06. The van der Waals surface area contributed by atoms with Crippen molar-refractivity contribution >= 4 is 54.7 Å². The summed E-state index contributed by atoms with van der Waals surface area (Å²) in [5.41, 5.74) is 0.968. The van der Waals surface area contributed by atoms with Crippen molar-refractivity contribution in [3.8, 4) is 0 Å². The van der Waals surface area contributed by atoms with Gasteiger partial charge in [-0.2, -0.15) is 8.42 Å². The summed E-state index contributed by atoms with van der Waals surface area (Å²) in [5, 5.41) is 1.73. The van der Waals surface area contributed by atoms with Crippen LogP contribution in [0.15, 0.2) is 49.2 Å². The number of thioether (sulfide) groups is 1. The van der Waals surface area contributed by atoms with Crippen molar-refractivity contribution in [1.29, 1.82) is 0 Å². The van der Waals surface area contributed by atoms with Gasteiger partial charge in [0.25, 0.3) is 10.0 Å². The minimum absolute atomic E-state index is 0.253. The molecule has 3 aromatic rings. The van der Waals surface area contributed by atoms with Gasteiger partial charge < -0.3 is 9.30 Å². The average molecular weight is 401 g/mol. The number of aromatic nitrogens is 1. The van der Waals surface area contributed by atoms with Crippen LogP contribution in [-0.4, -0.2) is 33.0 Å². The van der Waals surface area contributed by atoms with Crippen LogP contribution in [0.4, 0.5) is 0 Å². The number of hydrogen-bond donors (Lipinski definition) is 0. The Labute approximate surface area is 152 Å². The number of nitrogens with zero attached hydrogens (tertiary/aromatic N) is 2. The number of ether oxygens (including phenoxy) is 1. The zero-order valence-electron chi connectivity index (χ0n) is 13.1. The maximum absolute atomic E-state index is 12.5. The van der Waals surface area contributed by atoms with Crippen LogP contribution in [0, 0.1) is 0 Å². The fraction of sp³-hybridized carbons (Fsp3) is 0.267. The van der Waals surface area contributed by atoms with E-state index in [-0.39, 0.29) is 4.21 Å². The summed E-state index contributed by atoms with van der Waals surface area (Å²) in [5.74, 6) is 0. The summed E-state index contributed by atoms with van der Waals surface area (Å²) in [6.07, 6.45) is 2.01. The maximum Gasteiger partial charge on any atom is 0.294 e. The molecule has 2 heterocycles. The molecule has 0 aliphatic carbocycles. The molecule has 0 unspecified atom stereocenters. The van der Waals surface area contributed by atoms with E-state index in [9.17, 15) is 8.42 Å². The van der Waals surface area contributed by atoms with Crippen LogP contribution in [0.1, 0.15) is 0 Å². The topological polar surface area (TPSA) is 60.7 Å². The minimum Gasteiger partial charge on any atom is -0.383 e. The van der Waals surface area contributed by atoms with Gasteiger partial charge in [0.2, 0.25) is 4.80 Å². The molecule has 9 heteroatoms. The first-order chi connectivity index (χ1) is 11.5. The monoisotopic (exact) mass is 400 g/mol. The number of sulfonamides is 1. The van der Waals surface area contributed by atoms with Crippen molar-refractivity contribution in [3.05, 3.63) is 40.5 Å². The molecule has 0 spiro atoms. The lowest BCUT2D eigenvalue weighted by Crippen LogP contribution is -2.19. The number of hydrogen-bond acceptors (Lipinski definition) is 6. The fourth-order valence-corrected chi connectivity index (χ4v) is 5.99. The zero-order chi connectivity index (χ0) is 17.2. The lowest BCUT2D eigenvalue weighted by Gasteiger charge is -2.04. The molecule has 0 fully saturated rings. The first-order valence-corrected chi connectivity index (χ1v) is 11.4. The van der Waals surface area contributed by atoms with E-state index in [4.69, 9.17) is 4.74 Å². The van der Waals surface area contributed by atoms with Gasteiger partial charge in [-0.3, -0.25) is 0 Å². The number of thiazole rings is 1. The van der Waals surface area contributed by atoms with Crippen LogP contribution in [-0.2, 0) is 21.3 Å². The molecular formula is C15H16N2O3S4. The quantitative estimate of drug-likeness (QED) is 0.595. The van der Waals surface area contributed by atoms with E-state index < -0.39 is 10.0 Å². The van der Waals surface area contributed by atoms with E-state index in [1.165, 1.54) is 22.7 Å². The molecule has 0 aliphatic heterocycles. The van der Waals surface area contributed by atoms with Crippen molar-refractivity contribution in [3.63, 3.8) is 0 Å². The third-order valence-corrected chi connectivity index (χ3v) is 7.88. The maximum atomic E-state index is 12.5. The van der Waals surface area contributed by atoms with E-state index in [2.05, 4.69) is 10.5 Å². The SMILES string of the molecule is COCCn1c(=NS(=O)(=O)c2cccs2)sc2cc(SC)ccc21. The third-order valence-electron chi connectivity index (χ3n) is 3.36. The molecular weight excluding hydrogens is 384 g/mol. The highest BCUT2D eigenvalue weighted by Gasteiger charge is 2.15. The second-order valence-electron chi connectivity index (χ2n) is 4.86. The van der Waals surface area contributed by atoms with Gasteiger partial charge in [-0.1, -0.05) is 17.4 Å². The summed E-state index contributed by atoms with van der Waals surface area (Å²) >= 11 is 4.21. The van der Waals surface area contributed by atoms with Crippen LogP contribution in [0.25, 0.3) is 10.2 Å². The van der Waals surface area contributed by atoms with E-state index in [1.807, 2.05) is 23.0 Å². The fourth-order valence-electron chi connectivity index (χ4n) is 2.21. The van der Waals surface area contributed by atoms with Crippen LogP contribution in [0.2, 0.25) is 0 Å². The standard InChI is InChI=1S/C15H16N2O3S4/c1-20-8-7-17-12-6-5-11(21-2)10-13(12)23-15(17)16-24(18,19)14-4-3-9-22-14/h3-6,9-10H,7-8H2,1-2H3. The molecule has 0 radical (unpaired) electrons. The second kappa shape index (κ2) is 7.40. The predicted octanol–water partition coefficient (Wildman–Crippen LogP) is 3.42. The Morgan fingerprint density at radius 1 is 1.33 bits per heavy atom. The molecule has 0 saturated heterocycles. The number of methoxy groups -OCH3 is 1. The highest BCUT2D eigenvalue weighted by molar-refractivity contribution is 7.98. The van der Waals surface area contributed by atoms with Crippen LogP contribution in [0.3, 0.4) is 0 Å². The van der Waals surface area contributed by atoms with Gasteiger partial charge in [0, 0.05) is 18.6 Å². The highest BCUT2D eigenvalue weighted by atomic mass is 32.2. The molecule has 0 N–H and O–H groups in total. The summed E-state index contributed by atoms with van der Waals surface area (Å²) in [4.78, 5) is 1.60. The lowest BCUT2D eigenvalue weighted by atomic mass is 10.3. The predicted molar refractivity (Wildman–Crippen MR) is 101 cm³/mol. The van der Waals surface area contributed by atoms with Crippen molar-refractivity contribution < 1.29 is 13.2 Å². The molecule has 0 amide bonds. The van der Waals surface area contributed by atoms with Gasteiger partial charge in [-0.05, 0) is 35.9 Å². The molecule has 0 bridgehead atoms. The molecule has 24 heavy (non-hydrogen) atoms. The van der Waals surface area contributed by atoms with Gasteiger partial charge >= 0.3 is 0 Å². The van der Waals surface area contributed by atoms with E-state index >= 15 is 0 Å². The average Bonchev–Trinajstić information content (AvgIpc) is 3.20. The van der Waals surface area contributed by atoms with Gasteiger partial charge in [0.1, 0.15) is 4.21 Å². The third kappa shape index (κ3) is 3.60. The number of fused-ring (bicyclic) bond motifs is 1. The number of rotatable bonds is 6. The smallest absolute Gasteiger partial charge is 0.294 e. The zero-order valence-corrected chi connectivity index (χ0v) is 16.4. The molecule has 1 aromatic carbocycles. The second-order valence-corrected chi connectivity index (χ2v) is 9.53. The van der Waals surface area contributed by atoms with Gasteiger partial charge in [-0.15, -0.1) is 27.5 Å². The normalized spacial score (nSPS) is 13.0. The molecule has 2 aromatic heterocycles. The highest BCUT2D eigenvalue weighted by Crippen LogP contribution is 2.25. The first kappa shape index (κ1) is 17.7. The molecule has 0 saturated carbocycles. The van der Waals surface area contributed by atoms with Crippen LogP contribution >= 0.6 is 34.4 Å². The van der Waals surface area contributed by atoms with E-state index in [0.717, 1.165) is 15.1 Å². The van der Waals surface area contributed by atoms with Crippen molar-refractivity contribution in [2.45, 2.75) is 15.6 Å². The van der Waals surface area contributed by atoms with Gasteiger partial charge in [0.15, 0.2) is 0 Å². The number of benzene rings is 1. The number of thiophene rings is 1. The van der Waals surface area contributed by atoms with Gasteiger partial charge in [-0.25, -0.2) is 0 Å². The summed E-state index contributed by atoms with van der Waals surface area (Å²) in [6.45, 7) is 1.04. The molecule has 0 aliphatic rings. The summed E-state index contributed by atoms with van der Waals surface area (Å²) in [6, 6.07) is 9.37. The largest absolute Gasteiger partial charge is 0.383 e. The Morgan fingerprint density at radius 3 is 2.83 bits per heavy atom. The molecule has 5 nitrogen and oxygen atoms in total. The Kier molecular flexibility index (Phi) is 5.46. The molecule has 3 rings (SSSR count). The Bertz CT molecular complexity index is 1000. The molecule has 0 atom stereocenters. The van der Waals surface area contributed by atoms with Crippen molar-refractivity contribution in [1.82, 2.24) is 4.57 Å². The summed E-state index contributed by atoms with van der Waals surface area (Å²) in [7, 11) is -2.07.